The number of nitrogens with one attached hydrogen (secondary N) is 2. The highest BCUT2D eigenvalue weighted by Gasteiger charge is 2.21. The normalized spacial score (nSPS) is 12.1. The summed E-state index contributed by atoms with van der Waals surface area (Å²) < 4.78 is 1.05. The summed E-state index contributed by atoms with van der Waals surface area (Å²) in [6.45, 7) is 6.03. The Morgan fingerprint density at radius 1 is 0.912 bits per heavy atom. The van der Waals surface area contributed by atoms with E-state index in [9.17, 15) is 4.79 Å². The van der Waals surface area contributed by atoms with Crippen LogP contribution in [0.15, 0.2) is 78.0 Å². The van der Waals surface area contributed by atoms with Crippen molar-refractivity contribution in [2.75, 3.05) is 5.32 Å². The molecule has 0 bridgehead atoms. The number of para-hydroxylation sites is 1. The monoisotopic (exact) mass is 484 g/mol. The van der Waals surface area contributed by atoms with E-state index in [0.29, 0.717) is 10.3 Å². The quantitative estimate of drug-likeness (QED) is 0.252. The van der Waals surface area contributed by atoms with Gasteiger partial charge in [-0.1, -0.05) is 94.9 Å². The number of hydrogen-bond acceptors (Lipinski definition) is 5. The predicted octanol–water partition coefficient (Wildman–Crippen LogP) is 7.09. The molecule has 3 aromatic carbocycles. The predicted molar refractivity (Wildman–Crippen MR) is 143 cm³/mol. The number of thioether (sulfide) groups is 1. The maximum absolute atomic E-state index is 12.9. The zero-order chi connectivity index (χ0) is 23.7. The van der Waals surface area contributed by atoms with E-state index in [1.54, 1.807) is 0 Å². The molecule has 170 valence electrons. The summed E-state index contributed by atoms with van der Waals surface area (Å²) in [5.41, 5.74) is 7.22. The largest absolute Gasteiger partial charge is 0.332 e. The molecule has 0 saturated heterocycles. The Morgan fingerprint density at radius 2 is 1.56 bits per heavy atom. The van der Waals surface area contributed by atoms with Crippen molar-refractivity contribution >= 4 is 44.4 Å². The van der Waals surface area contributed by atoms with Gasteiger partial charge in [-0.3, -0.25) is 4.79 Å². The van der Waals surface area contributed by atoms with E-state index in [1.165, 1.54) is 34.2 Å². The summed E-state index contributed by atoms with van der Waals surface area (Å²) in [4.78, 5) is 25.7. The number of aromatic nitrogens is 3. The first-order valence-corrected chi connectivity index (χ1v) is 12.7. The lowest BCUT2D eigenvalue weighted by molar-refractivity contribution is -0.115. The van der Waals surface area contributed by atoms with Crippen molar-refractivity contribution in [2.45, 2.75) is 31.2 Å². The Labute approximate surface area is 206 Å². The van der Waals surface area contributed by atoms with Gasteiger partial charge in [-0.25, -0.2) is 9.97 Å². The van der Waals surface area contributed by atoms with Gasteiger partial charge in [-0.2, -0.15) is 0 Å². The number of H-pyrrole nitrogens is 1. The third-order valence-electron chi connectivity index (χ3n) is 5.53. The maximum Gasteiger partial charge on any atom is 0.239 e. The van der Waals surface area contributed by atoms with Crippen molar-refractivity contribution in [3.63, 3.8) is 0 Å². The Kier molecular flexibility index (Phi) is 6.22. The van der Waals surface area contributed by atoms with Gasteiger partial charge in [0.25, 0.3) is 0 Å². The third-order valence-corrected chi connectivity index (χ3v) is 7.47. The molecule has 1 atom stereocenters. The standard InChI is InChI=1S/C27H24N4OS2/c1-16-8-12-19(13-9-16)23-24(20-14-10-17(2)11-15-20)30-27(29-23)33-18(3)25(32)31-26-28-21-6-4-5-7-22(21)34-26/h4-15,18H,1-3H3,(H,29,30)(H,28,31,32). The molecule has 0 aliphatic heterocycles. The van der Waals surface area contributed by atoms with Crippen LogP contribution >= 0.6 is 23.1 Å². The third kappa shape index (κ3) is 4.76. The van der Waals surface area contributed by atoms with Crippen molar-refractivity contribution in [1.82, 2.24) is 15.0 Å². The molecule has 5 rings (SSSR count). The number of carbonyl (C=O) groups is 1. The molecule has 0 aliphatic carbocycles. The lowest BCUT2D eigenvalue weighted by Gasteiger charge is -2.08. The molecular weight excluding hydrogens is 460 g/mol. The number of fused-ring (bicyclic) bond motifs is 1. The minimum absolute atomic E-state index is 0.103. The number of imidazole rings is 1. The average molecular weight is 485 g/mol. The Hall–Kier alpha value is -3.42. The van der Waals surface area contributed by atoms with Crippen LogP contribution in [0.4, 0.5) is 5.13 Å². The number of aromatic amines is 1. The first-order valence-electron chi connectivity index (χ1n) is 11.0. The first-order chi connectivity index (χ1) is 16.5. The second kappa shape index (κ2) is 9.44. The smallest absolute Gasteiger partial charge is 0.239 e. The number of carbonyl (C=O) groups excluding carboxylic acids is 1. The van der Waals surface area contributed by atoms with Crippen molar-refractivity contribution in [3.05, 3.63) is 83.9 Å². The number of thiazole rings is 1. The van der Waals surface area contributed by atoms with Gasteiger partial charge in [0.05, 0.1) is 26.9 Å². The van der Waals surface area contributed by atoms with Crippen molar-refractivity contribution in [2.24, 2.45) is 0 Å². The second-order valence-electron chi connectivity index (χ2n) is 8.23. The minimum Gasteiger partial charge on any atom is -0.332 e. The fourth-order valence-electron chi connectivity index (χ4n) is 3.61. The molecule has 1 unspecified atom stereocenters. The number of hydrogen-bond donors (Lipinski definition) is 2. The highest BCUT2D eigenvalue weighted by molar-refractivity contribution is 8.00. The summed E-state index contributed by atoms with van der Waals surface area (Å²) in [5, 5.41) is 3.92. The molecule has 5 aromatic rings. The number of aryl methyl sites for hydroxylation is 2. The van der Waals surface area contributed by atoms with Gasteiger partial charge in [0.15, 0.2) is 10.3 Å². The fraction of sp³-hybridized carbons (Fsp3) is 0.148. The summed E-state index contributed by atoms with van der Waals surface area (Å²) in [6.07, 6.45) is 0. The zero-order valence-electron chi connectivity index (χ0n) is 19.1. The fourth-order valence-corrected chi connectivity index (χ4v) is 5.29. The van der Waals surface area contributed by atoms with Crippen LogP contribution in [0.3, 0.4) is 0 Å². The number of rotatable bonds is 6. The molecule has 2 heterocycles. The van der Waals surface area contributed by atoms with Crippen molar-refractivity contribution in [3.8, 4) is 22.5 Å². The molecule has 0 spiro atoms. The summed E-state index contributed by atoms with van der Waals surface area (Å²) in [6, 6.07) is 24.6. The molecule has 1 amide bonds. The summed E-state index contributed by atoms with van der Waals surface area (Å²) >= 11 is 2.88. The van der Waals surface area contributed by atoms with Crippen molar-refractivity contribution < 1.29 is 4.79 Å². The van der Waals surface area contributed by atoms with Crippen LogP contribution in [0.2, 0.25) is 0 Å². The van der Waals surface area contributed by atoms with Crippen LogP contribution in [0, 0.1) is 13.8 Å². The van der Waals surface area contributed by atoms with Gasteiger partial charge in [0.1, 0.15) is 0 Å². The van der Waals surface area contributed by atoms with E-state index in [0.717, 1.165) is 32.7 Å². The SMILES string of the molecule is Cc1ccc(-c2nc(SC(C)C(=O)Nc3nc4ccccc4s3)[nH]c2-c2ccc(C)cc2)cc1. The van der Waals surface area contributed by atoms with E-state index in [4.69, 9.17) is 4.98 Å². The topological polar surface area (TPSA) is 70.7 Å². The molecule has 0 saturated carbocycles. The van der Waals surface area contributed by atoms with Crippen LogP contribution < -0.4 is 5.32 Å². The van der Waals surface area contributed by atoms with E-state index in [2.05, 4.69) is 77.7 Å². The second-order valence-corrected chi connectivity index (χ2v) is 10.6. The van der Waals surface area contributed by atoms with Gasteiger partial charge in [0, 0.05) is 11.1 Å². The molecule has 2 aromatic heterocycles. The van der Waals surface area contributed by atoms with Gasteiger partial charge in [-0.15, -0.1) is 0 Å². The zero-order valence-corrected chi connectivity index (χ0v) is 20.8. The molecule has 0 fully saturated rings. The van der Waals surface area contributed by atoms with Crippen LogP contribution in [-0.2, 0) is 4.79 Å². The molecule has 2 N–H and O–H groups in total. The lowest BCUT2D eigenvalue weighted by Crippen LogP contribution is -2.22. The molecule has 0 aliphatic rings. The summed E-state index contributed by atoms with van der Waals surface area (Å²) in [5.74, 6) is -0.103. The van der Waals surface area contributed by atoms with Gasteiger partial charge >= 0.3 is 0 Å². The van der Waals surface area contributed by atoms with Gasteiger partial charge < -0.3 is 10.3 Å². The molecule has 0 radical (unpaired) electrons. The van der Waals surface area contributed by atoms with Gasteiger partial charge in [-0.05, 0) is 32.9 Å². The average Bonchev–Trinajstić information content (AvgIpc) is 3.43. The Morgan fingerprint density at radius 3 is 2.24 bits per heavy atom. The summed E-state index contributed by atoms with van der Waals surface area (Å²) in [7, 11) is 0. The molecule has 34 heavy (non-hydrogen) atoms. The lowest BCUT2D eigenvalue weighted by atomic mass is 10.0. The number of anilines is 1. The number of benzene rings is 3. The van der Waals surface area contributed by atoms with E-state index in [-0.39, 0.29) is 11.2 Å². The molecular formula is C27H24N4OS2. The Bertz CT molecular complexity index is 1360. The highest BCUT2D eigenvalue weighted by Crippen LogP contribution is 2.34. The van der Waals surface area contributed by atoms with Crippen molar-refractivity contribution in [1.29, 1.82) is 0 Å². The van der Waals surface area contributed by atoms with E-state index in [1.807, 2.05) is 31.2 Å². The molecule has 5 nitrogen and oxygen atoms in total. The van der Waals surface area contributed by atoms with E-state index < -0.39 is 0 Å². The number of nitrogens with zero attached hydrogens (tertiary/aromatic N) is 2. The van der Waals surface area contributed by atoms with E-state index >= 15 is 0 Å². The van der Waals surface area contributed by atoms with Crippen LogP contribution in [-0.4, -0.2) is 26.1 Å². The Balaban J connectivity index is 1.40. The molecule has 7 heteroatoms. The van der Waals surface area contributed by atoms with Gasteiger partial charge in [0.2, 0.25) is 5.91 Å². The first kappa shape index (κ1) is 22.4. The number of amides is 1. The van der Waals surface area contributed by atoms with Crippen LogP contribution in [0.1, 0.15) is 18.1 Å². The maximum atomic E-state index is 12.9. The van der Waals surface area contributed by atoms with Crippen LogP contribution in [0.25, 0.3) is 32.7 Å². The highest BCUT2D eigenvalue weighted by atomic mass is 32.2. The minimum atomic E-state index is -0.352. The van der Waals surface area contributed by atoms with Crippen LogP contribution in [0.5, 0.6) is 0 Å².